The highest BCUT2D eigenvalue weighted by molar-refractivity contribution is 6.09. The molecule has 2 aliphatic rings. The van der Waals surface area contributed by atoms with E-state index in [1.807, 2.05) is 78.9 Å². The number of fused-ring (bicyclic) bond motifs is 4. The zero-order valence-corrected chi connectivity index (χ0v) is 31.1. The summed E-state index contributed by atoms with van der Waals surface area (Å²) in [7, 11) is 5.06. The Morgan fingerprint density at radius 2 is 1.47 bits per heavy atom. The van der Waals surface area contributed by atoms with Crippen molar-refractivity contribution in [3.8, 4) is 17.2 Å². The Balaban J connectivity index is 0.000000202. The van der Waals surface area contributed by atoms with Crippen molar-refractivity contribution in [2.45, 2.75) is 19.8 Å². The molecule has 0 unspecified atom stereocenters. The molecule has 0 spiro atoms. The number of hydrogen-bond acceptors (Lipinski definition) is 6. The molecule has 6 nitrogen and oxygen atoms in total. The van der Waals surface area contributed by atoms with E-state index in [2.05, 4.69) is 121 Å². The number of para-hydroxylation sites is 3. The van der Waals surface area contributed by atoms with Gasteiger partial charge >= 0.3 is 0 Å². The zero-order chi connectivity index (χ0) is 38.0. The first-order valence-electron chi connectivity index (χ1n) is 17.6. The Bertz CT molecular complexity index is 2270. The van der Waals surface area contributed by atoms with Gasteiger partial charge in [-0.15, -0.1) is 0 Å². The van der Waals surface area contributed by atoms with E-state index in [0.29, 0.717) is 5.56 Å². The number of nitrogens with one attached hydrogen (secondary N) is 1. The number of rotatable bonds is 3. The van der Waals surface area contributed by atoms with Crippen LogP contribution >= 0.6 is 0 Å². The average molecular weight is 700 g/mol. The highest BCUT2D eigenvalue weighted by atomic mass is 16.3. The molecule has 2 heterocycles. The van der Waals surface area contributed by atoms with Crippen LogP contribution in [0.1, 0.15) is 30.9 Å². The van der Waals surface area contributed by atoms with Gasteiger partial charge in [-0.05, 0) is 99.6 Å². The largest absolute Gasteiger partial charge is 0.455 e. The molecule has 8 rings (SSSR count). The number of allylic oxidation sites excluding steroid dienone is 8. The van der Waals surface area contributed by atoms with Crippen molar-refractivity contribution in [2.75, 3.05) is 31.4 Å². The summed E-state index contributed by atoms with van der Waals surface area (Å²) in [6, 6.07) is 40.5. The van der Waals surface area contributed by atoms with Crippen LogP contribution in [-0.2, 0) is 0 Å². The molecule has 0 radical (unpaired) electrons. The lowest BCUT2D eigenvalue weighted by Gasteiger charge is -2.21. The van der Waals surface area contributed by atoms with Crippen LogP contribution in [0.3, 0.4) is 0 Å². The van der Waals surface area contributed by atoms with Gasteiger partial charge in [-0.1, -0.05) is 109 Å². The van der Waals surface area contributed by atoms with Crippen molar-refractivity contribution in [2.24, 2.45) is 11.5 Å². The van der Waals surface area contributed by atoms with Crippen LogP contribution in [0.15, 0.2) is 174 Å². The molecule has 6 aromatic rings. The first-order chi connectivity index (χ1) is 26.0. The highest BCUT2D eigenvalue weighted by Crippen LogP contribution is 2.38. The molecule has 0 fully saturated rings. The van der Waals surface area contributed by atoms with Gasteiger partial charge in [0.15, 0.2) is 0 Å². The van der Waals surface area contributed by atoms with Crippen molar-refractivity contribution in [1.29, 1.82) is 5.26 Å². The summed E-state index contributed by atoms with van der Waals surface area (Å²) in [5, 5.41) is 14.3. The molecule has 0 saturated heterocycles. The van der Waals surface area contributed by atoms with Gasteiger partial charge < -0.3 is 26.1 Å². The van der Waals surface area contributed by atoms with Gasteiger partial charge in [0.05, 0.1) is 11.6 Å². The number of nitrogens with two attached hydrogens (primary N) is 2. The number of benzene rings is 5. The summed E-state index contributed by atoms with van der Waals surface area (Å²) >= 11 is 0. The van der Waals surface area contributed by atoms with E-state index >= 15 is 0 Å². The van der Waals surface area contributed by atoms with Crippen LogP contribution in [0, 0.1) is 11.3 Å². The standard InChI is InChI=1S/C25H19NO.C13H10N2.C7H10.2CH5N/c1-17-8-5-6-15-26(2)23-14-13-18(16-22(17)23)19-10-7-11-21-20-9-3-4-12-24(20)27-25(19)21;14-10-11-5-4-8-13(9-11)15-12-6-2-1-3-7-12;1-7-5-3-2-4-6-7;2*1-2/h3-16H,1H2,2H3;1-9,15H;2-3,5H,4,6H2,1H3;2*2H2,1H3/b8-5-,15-6-;;;;. The maximum absolute atomic E-state index is 8.75. The molecule has 0 atom stereocenters. The molecule has 268 valence electrons. The van der Waals surface area contributed by atoms with E-state index < -0.39 is 0 Å². The molecule has 1 aromatic heterocycles. The Labute approximate surface area is 314 Å². The Hall–Kier alpha value is -6.39. The first kappa shape index (κ1) is 39.4. The van der Waals surface area contributed by atoms with Gasteiger partial charge in [-0.3, -0.25) is 0 Å². The van der Waals surface area contributed by atoms with Crippen molar-refractivity contribution < 1.29 is 4.42 Å². The number of nitrogens with zero attached hydrogens (tertiary/aromatic N) is 2. The topological polar surface area (TPSA) is 104 Å². The summed E-state index contributed by atoms with van der Waals surface area (Å²) in [5.74, 6) is 0. The van der Waals surface area contributed by atoms with E-state index in [1.165, 1.54) is 32.5 Å². The minimum atomic E-state index is 0.663. The van der Waals surface area contributed by atoms with E-state index in [9.17, 15) is 0 Å². The van der Waals surface area contributed by atoms with Crippen LogP contribution in [0.5, 0.6) is 0 Å². The fourth-order valence-electron chi connectivity index (χ4n) is 5.84. The smallest absolute Gasteiger partial charge is 0.143 e. The van der Waals surface area contributed by atoms with E-state index in [0.717, 1.165) is 61.3 Å². The summed E-state index contributed by atoms with van der Waals surface area (Å²) in [4.78, 5) is 2.12. The van der Waals surface area contributed by atoms with Crippen LogP contribution in [0.25, 0.3) is 38.6 Å². The molecule has 53 heavy (non-hydrogen) atoms. The second-order valence-electron chi connectivity index (χ2n) is 12.0. The first-order valence-corrected chi connectivity index (χ1v) is 17.6. The van der Waals surface area contributed by atoms with Gasteiger partial charge in [0, 0.05) is 52.2 Å². The van der Waals surface area contributed by atoms with E-state index in [4.69, 9.17) is 9.68 Å². The average Bonchev–Trinajstić information content (AvgIpc) is 3.60. The molecule has 6 heteroatoms. The van der Waals surface area contributed by atoms with Crippen LogP contribution in [-0.4, -0.2) is 21.1 Å². The monoisotopic (exact) mass is 699 g/mol. The minimum Gasteiger partial charge on any atom is -0.455 e. The van der Waals surface area contributed by atoms with E-state index in [-0.39, 0.29) is 0 Å². The fraction of sp³-hybridized carbons (Fsp3) is 0.128. The quantitative estimate of drug-likeness (QED) is 0.170. The van der Waals surface area contributed by atoms with Crippen molar-refractivity contribution in [3.63, 3.8) is 0 Å². The number of hydrogen-bond donors (Lipinski definition) is 3. The molecule has 1 aliphatic carbocycles. The van der Waals surface area contributed by atoms with Gasteiger partial charge in [-0.2, -0.15) is 5.26 Å². The summed E-state index contributed by atoms with van der Waals surface area (Å²) in [6.07, 6.45) is 17.1. The predicted molar refractivity (Wildman–Crippen MR) is 228 cm³/mol. The molecule has 0 saturated carbocycles. The van der Waals surface area contributed by atoms with Crippen LogP contribution in [0.4, 0.5) is 17.1 Å². The van der Waals surface area contributed by atoms with Crippen LogP contribution < -0.4 is 21.7 Å². The van der Waals surface area contributed by atoms with Gasteiger partial charge in [0.25, 0.3) is 0 Å². The SMILES string of the molecule is C=C1/C=C\C=C/N(C)c2ccc(-c3cccc4c3oc3ccccc34)cc21.CC1=CC=CCC1.CN.CN.N#Cc1cccc(Nc2ccccc2)c1. The molecule has 0 bridgehead atoms. The predicted octanol–water partition coefficient (Wildman–Crippen LogP) is 11.5. The lowest BCUT2D eigenvalue weighted by molar-refractivity contribution is 0.670. The molecular formula is C47H49N5O. The van der Waals surface area contributed by atoms with Crippen molar-refractivity contribution in [1.82, 2.24) is 0 Å². The third kappa shape index (κ3) is 10.6. The molecule has 5 aromatic carbocycles. The maximum Gasteiger partial charge on any atom is 0.143 e. The summed E-state index contributed by atoms with van der Waals surface area (Å²) in [6.45, 7) is 6.42. The molecule has 1 aliphatic heterocycles. The Morgan fingerprint density at radius 1 is 0.755 bits per heavy atom. The fourth-order valence-corrected chi connectivity index (χ4v) is 5.84. The maximum atomic E-state index is 8.75. The van der Waals surface area contributed by atoms with Crippen molar-refractivity contribution in [3.05, 3.63) is 181 Å². The number of nitriles is 1. The summed E-state index contributed by atoms with van der Waals surface area (Å²) < 4.78 is 6.22. The Kier molecular flexibility index (Phi) is 15.2. The molecular weight excluding hydrogens is 651 g/mol. The second kappa shape index (κ2) is 20.5. The Morgan fingerprint density at radius 3 is 2.19 bits per heavy atom. The summed E-state index contributed by atoms with van der Waals surface area (Å²) in [5.41, 5.74) is 20.5. The van der Waals surface area contributed by atoms with E-state index in [1.54, 1.807) is 6.07 Å². The lowest BCUT2D eigenvalue weighted by atomic mass is 9.95. The molecule has 5 N–H and O–H groups in total. The highest BCUT2D eigenvalue weighted by Gasteiger charge is 2.15. The van der Waals surface area contributed by atoms with Gasteiger partial charge in [0.1, 0.15) is 11.2 Å². The van der Waals surface area contributed by atoms with Gasteiger partial charge in [-0.25, -0.2) is 0 Å². The normalized spacial score (nSPS) is 13.6. The lowest BCUT2D eigenvalue weighted by Crippen LogP contribution is -2.10. The zero-order valence-electron chi connectivity index (χ0n) is 31.1. The third-order valence-electron chi connectivity index (χ3n) is 8.43. The van der Waals surface area contributed by atoms with Crippen molar-refractivity contribution >= 4 is 44.6 Å². The third-order valence-corrected chi connectivity index (χ3v) is 8.43. The second-order valence-corrected chi connectivity index (χ2v) is 12.0. The van der Waals surface area contributed by atoms with Gasteiger partial charge in [0.2, 0.25) is 0 Å². The number of anilines is 3. The number of furan rings is 1. The minimum absolute atomic E-state index is 0.663. The molecule has 0 amide bonds. The van der Waals surface area contributed by atoms with Crippen LogP contribution in [0.2, 0.25) is 0 Å².